The predicted molar refractivity (Wildman–Crippen MR) is 74.4 cm³/mol. The van der Waals surface area contributed by atoms with E-state index in [1.165, 1.54) is 0 Å². The van der Waals surface area contributed by atoms with Crippen molar-refractivity contribution in [3.8, 4) is 0 Å². The van der Waals surface area contributed by atoms with Gasteiger partial charge in [-0.15, -0.1) is 0 Å². The Hall–Kier alpha value is -1.82. The van der Waals surface area contributed by atoms with Gasteiger partial charge in [-0.2, -0.15) is 5.10 Å². The molecule has 1 heterocycles. The number of aryl methyl sites for hydroxylation is 3. The third-order valence-corrected chi connectivity index (χ3v) is 4.69. The summed E-state index contributed by atoms with van der Waals surface area (Å²) in [5, 5.41) is 4.15. The summed E-state index contributed by atoms with van der Waals surface area (Å²) in [5.74, 6) is -0.0618. The van der Waals surface area contributed by atoms with Crippen LogP contribution in [0.5, 0.6) is 0 Å². The van der Waals surface area contributed by atoms with Gasteiger partial charge in [0.15, 0.2) is 9.84 Å². The Balaban J connectivity index is 2.37. The zero-order valence-corrected chi connectivity index (χ0v) is 12.0. The molecule has 0 unspecified atom stereocenters. The van der Waals surface area contributed by atoms with Crippen LogP contribution in [-0.4, -0.2) is 18.2 Å². The molecule has 0 aliphatic rings. The number of hydrogen-bond donors (Lipinski definition) is 1. The smallest absolute Gasteiger partial charge is 0.184 e. The van der Waals surface area contributed by atoms with Crippen LogP contribution in [0.4, 0.5) is 5.69 Å². The molecular formula is C13H17N3O2S. The molecule has 0 saturated carbocycles. The topological polar surface area (TPSA) is 78.0 Å². The average molecular weight is 279 g/mol. The number of sulfone groups is 1. The van der Waals surface area contributed by atoms with Crippen molar-refractivity contribution in [2.24, 2.45) is 7.05 Å². The lowest BCUT2D eigenvalue weighted by atomic mass is 10.2. The van der Waals surface area contributed by atoms with Gasteiger partial charge in [0.05, 0.1) is 22.0 Å². The molecule has 5 nitrogen and oxygen atoms in total. The second-order valence-electron chi connectivity index (χ2n) is 4.68. The van der Waals surface area contributed by atoms with Crippen molar-refractivity contribution in [3.05, 3.63) is 41.2 Å². The molecule has 0 saturated heterocycles. The molecule has 0 amide bonds. The minimum atomic E-state index is -3.38. The van der Waals surface area contributed by atoms with Gasteiger partial charge in [0.2, 0.25) is 0 Å². The zero-order valence-electron chi connectivity index (χ0n) is 11.2. The second kappa shape index (κ2) is 4.70. The van der Waals surface area contributed by atoms with E-state index >= 15 is 0 Å². The fourth-order valence-electron chi connectivity index (χ4n) is 1.92. The van der Waals surface area contributed by atoms with Crippen LogP contribution in [-0.2, 0) is 22.6 Å². The molecule has 6 heteroatoms. The van der Waals surface area contributed by atoms with E-state index in [2.05, 4.69) is 5.10 Å². The molecule has 0 bridgehead atoms. The highest BCUT2D eigenvalue weighted by molar-refractivity contribution is 7.90. The maximum absolute atomic E-state index is 12.3. The molecule has 2 N–H and O–H groups in total. The summed E-state index contributed by atoms with van der Waals surface area (Å²) >= 11 is 0. The van der Waals surface area contributed by atoms with E-state index in [4.69, 9.17) is 5.73 Å². The Morgan fingerprint density at radius 1 is 1.26 bits per heavy atom. The van der Waals surface area contributed by atoms with E-state index in [9.17, 15) is 8.42 Å². The van der Waals surface area contributed by atoms with Gasteiger partial charge in [-0.3, -0.25) is 4.68 Å². The molecular weight excluding hydrogens is 262 g/mol. The van der Waals surface area contributed by atoms with Crippen LogP contribution in [0.1, 0.15) is 17.0 Å². The summed E-state index contributed by atoms with van der Waals surface area (Å²) in [6.07, 6.45) is 0. The number of nitrogens with two attached hydrogens (primary N) is 1. The van der Waals surface area contributed by atoms with Gasteiger partial charge >= 0.3 is 0 Å². The zero-order chi connectivity index (χ0) is 14.2. The first-order valence-electron chi connectivity index (χ1n) is 5.88. The van der Waals surface area contributed by atoms with Gasteiger partial charge in [0.1, 0.15) is 0 Å². The molecule has 102 valence electrons. The Morgan fingerprint density at radius 3 is 2.47 bits per heavy atom. The van der Waals surface area contributed by atoms with Gasteiger partial charge in [-0.05, 0) is 43.7 Å². The highest BCUT2D eigenvalue weighted by atomic mass is 32.2. The standard InChI is InChI=1S/C13H17N3O2S/c1-9-6-12(4-5-13(9)14)19(17,18)8-11-7-10(2)15-16(11)3/h4-7H,8,14H2,1-3H3. The third kappa shape index (κ3) is 2.78. The summed E-state index contributed by atoms with van der Waals surface area (Å²) in [5.41, 5.74) is 8.54. The van der Waals surface area contributed by atoms with E-state index in [0.29, 0.717) is 11.4 Å². The monoisotopic (exact) mass is 279 g/mol. The first-order chi connectivity index (χ1) is 8.79. The van der Waals surface area contributed by atoms with Gasteiger partial charge < -0.3 is 5.73 Å². The van der Waals surface area contributed by atoms with Crippen molar-refractivity contribution in [1.29, 1.82) is 0 Å². The van der Waals surface area contributed by atoms with Crippen LogP contribution >= 0.6 is 0 Å². The fourth-order valence-corrected chi connectivity index (χ4v) is 3.38. The molecule has 0 spiro atoms. The van der Waals surface area contributed by atoms with Crippen molar-refractivity contribution >= 4 is 15.5 Å². The summed E-state index contributed by atoms with van der Waals surface area (Å²) in [4.78, 5) is 0.290. The largest absolute Gasteiger partial charge is 0.399 e. The number of nitrogen functional groups attached to an aromatic ring is 1. The van der Waals surface area contributed by atoms with Crippen LogP contribution in [0.25, 0.3) is 0 Å². The summed E-state index contributed by atoms with van der Waals surface area (Å²) < 4.78 is 26.3. The van der Waals surface area contributed by atoms with Crippen LogP contribution in [0.2, 0.25) is 0 Å². The van der Waals surface area contributed by atoms with Crippen LogP contribution in [0.15, 0.2) is 29.2 Å². The van der Waals surface area contributed by atoms with E-state index in [0.717, 1.165) is 11.3 Å². The average Bonchev–Trinajstić information content (AvgIpc) is 2.60. The Bertz CT molecular complexity index is 717. The van der Waals surface area contributed by atoms with E-state index in [1.807, 2.05) is 6.92 Å². The Kier molecular flexibility index (Phi) is 3.36. The first kappa shape index (κ1) is 13.6. The van der Waals surface area contributed by atoms with Gasteiger partial charge in [0.25, 0.3) is 0 Å². The lowest BCUT2D eigenvalue weighted by Crippen LogP contribution is -2.09. The number of benzene rings is 1. The van der Waals surface area contributed by atoms with Crippen molar-refractivity contribution in [2.45, 2.75) is 24.5 Å². The van der Waals surface area contributed by atoms with Crippen LogP contribution < -0.4 is 5.73 Å². The lowest BCUT2D eigenvalue weighted by molar-refractivity contribution is 0.591. The maximum Gasteiger partial charge on any atom is 0.184 e. The molecule has 1 aromatic carbocycles. The van der Waals surface area contributed by atoms with Crippen LogP contribution in [0.3, 0.4) is 0 Å². The molecule has 1 aromatic heterocycles. The third-order valence-electron chi connectivity index (χ3n) is 3.04. The Morgan fingerprint density at radius 2 is 1.95 bits per heavy atom. The summed E-state index contributed by atoms with van der Waals surface area (Å²) in [6.45, 7) is 3.63. The van der Waals surface area contributed by atoms with Crippen molar-refractivity contribution in [3.63, 3.8) is 0 Å². The Labute approximate surface area is 113 Å². The number of anilines is 1. The quantitative estimate of drug-likeness (QED) is 0.865. The lowest BCUT2D eigenvalue weighted by Gasteiger charge is -2.07. The molecule has 0 aliphatic heterocycles. The number of nitrogens with zero attached hydrogens (tertiary/aromatic N) is 2. The van der Waals surface area contributed by atoms with Crippen molar-refractivity contribution in [1.82, 2.24) is 9.78 Å². The molecule has 0 radical (unpaired) electrons. The summed E-state index contributed by atoms with van der Waals surface area (Å²) in [7, 11) is -1.64. The van der Waals surface area contributed by atoms with E-state index < -0.39 is 9.84 Å². The predicted octanol–water partition coefficient (Wildman–Crippen LogP) is 1.59. The molecule has 0 atom stereocenters. The van der Waals surface area contributed by atoms with Crippen molar-refractivity contribution in [2.75, 3.05) is 5.73 Å². The van der Waals surface area contributed by atoms with Crippen molar-refractivity contribution < 1.29 is 8.42 Å². The second-order valence-corrected chi connectivity index (χ2v) is 6.67. The van der Waals surface area contributed by atoms with E-state index in [-0.39, 0.29) is 10.6 Å². The fraction of sp³-hybridized carbons (Fsp3) is 0.308. The molecule has 2 aromatic rings. The minimum absolute atomic E-state index is 0.0618. The SMILES string of the molecule is Cc1cc(CS(=O)(=O)c2ccc(N)c(C)c2)n(C)n1. The van der Waals surface area contributed by atoms with Gasteiger partial charge in [0, 0.05) is 12.7 Å². The van der Waals surface area contributed by atoms with Crippen LogP contribution in [0, 0.1) is 13.8 Å². The molecule has 0 aliphatic carbocycles. The summed E-state index contributed by atoms with van der Waals surface area (Å²) in [6, 6.07) is 6.55. The van der Waals surface area contributed by atoms with Gasteiger partial charge in [-0.25, -0.2) is 8.42 Å². The molecule has 0 fully saturated rings. The molecule has 2 rings (SSSR count). The molecule has 19 heavy (non-hydrogen) atoms. The minimum Gasteiger partial charge on any atom is -0.399 e. The van der Waals surface area contributed by atoms with E-state index in [1.54, 1.807) is 42.9 Å². The number of rotatable bonds is 3. The highest BCUT2D eigenvalue weighted by Crippen LogP contribution is 2.21. The number of hydrogen-bond acceptors (Lipinski definition) is 4. The first-order valence-corrected chi connectivity index (χ1v) is 7.53. The normalized spacial score (nSPS) is 11.7. The maximum atomic E-state index is 12.3. The van der Waals surface area contributed by atoms with Gasteiger partial charge in [-0.1, -0.05) is 0 Å². The highest BCUT2D eigenvalue weighted by Gasteiger charge is 2.18. The number of aromatic nitrogens is 2.